The molecule has 0 spiro atoms. The zero-order chi connectivity index (χ0) is 15.4. The van der Waals surface area contributed by atoms with Crippen molar-refractivity contribution >= 4 is 0 Å². The maximum Gasteiger partial charge on any atom is 0.0644 e. The van der Waals surface area contributed by atoms with Gasteiger partial charge in [0.1, 0.15) is 0 Å². The Kier molecular flexibility index (Phi) is 5.14. The first-order valence-electron chi connectivity index (χ1n) is 7.40. The van der Waals surface area contributed by atoms with Crippen molar-refractivity contribution in [3.05, 3.63) is 35.4 Å². The number of aromatic nitrogens is 4. The molecular formula is C15H25N5O. The topological polar surface area (TPSA) is 67.9 Å². The minimum absolute atomic E-state index is 0.113. The molecule has 2 aromatic rings. The van der Waals surface area contributed by atoms with Gasteiger partial charge in [-0.3, -0.25) is 9.36 Å². The van der Waals surface area contributed by atoms with Crippen LogP contribution in [0, 0.1) is 13.8 Å². The molecule has 2 aromatic heterocycles. The number of hydrogen-bond donors (Lipinski definition) is 2. The maximum atomic E-state index is 9.05. The summed E-state index contributed by atoms with van der Waals surface area (Å²) >= 11 is 0. The smallest absolute Gasteiger partial charge is 0.0644 e. The monoisotopic (exact) mass is 291 g/mol. The molecule has 0 aliphatic heterocycles. The lowest BCUT2D eigenvalue weighted by molar-refractivity contribution is 0.267. The summed E-state index contributed by atoms with van der Waals surface area (Å²) in [4.78, 5) is 0. The Labute approximate surface area is 125 Å². The second kappa shape index (κ2) is 6.87. The molecule has 2 N–H and O–H groups in total. The highest BCUT2D eigenvalue weighted by Crippen LogP contribution is 2.15. The summed E-state index contributed by atoms with van der Waals surface area (Å²) in [5.41, 5.74) is 3.35. The SMILES string of the molecule is Cc1nn(CCO)c(C)c1CN[C@H](C)[C@@H](C)n1cccn1. The van der Waals surface area contributed by atoms with Crippen LogP contribution in [0.4, 0.5) is 0 Å². The molecule has 0 radical (unpaired) electrons. The summed E-state index contributed by atoms with van der Waals surface area (Å²) in [6, 6.07) is 2.52. The number of nitrogens with one attached hydrogen (secondary N) is 1. The molecule has 0 fully saturated rings. The highest BCUT2D eigenvalue weighted by molar-refractivity contribution is 5.24. The van der Waals surface area contributed by atoms with Gasteiger partial charge in [0.2, 0.25) is 0 Å². The zero-order valence-corrected chi connectivity index (χ0v) is 13.2. The van der Waals surface area contributed by atoms with E-state index < -0.39 is 0 Å². The van der Waals surface area contributed by atoms with Crippen molar-refractivity contribution in [2.75, 3.05) is 6.61 Å². The maximum absolute atomic E-state index is 9.05. The van der Waals surface area contributed by atoms with Gasteiger partial charge in [-0.2, -0.15) is 10.2 Å². The van der Waals surface area contributed by atoms with Gasteiger partial charge in [0, 0.05) is 36.2 Å². The van der Waals surface area contributed by atoms with Crippen LogP contribution in [0.2, 0.25) is 0 Å². The van der Waals surface area contributed by atoms with Crippen molar-refractivity contribution < 1.29 is 5.11 Å². The fraction of sp³-hybridized carbons (Fsp3) is 0.600. The fourth-order valence-corrected chi connectivity index (χ4v) is 2.49. The lowest BCUT2D eigenvalue weighted by atomic mass is 10.1. The number of rotatable bonds is 7. The van der Waals surface area contributed by atoms with Crippen LogP contribution in [0.1, 0.15) is 36.8 Å². The van der Waals surface area contributed by atoms with Gasteiger partial charge in [-0.25, -0.2) is 0 Å². The molecule has 6 nitrogen and oxygen atoms in total. The minimum Gasteiger partial charge on any atom is -0.394 e. The summed E-state index contributed by atoms with van der Waals surface area (Å²) < 4.78 is 3.83. The molecule has 0 amide bonds. The van der Waals surface area contributed by atoms with Crippen molar-refractivity contribution in [3.8, 4) is 0 Å². The number of aliphatic hydroxyl groups is 1. The van der Waals surface area contributed by atoms with E-state index in [1.165, 1.54) is 5.56 Å². The van der Waals surface area contributed by atoms with E-state index >= 15 is 0 Å². The van der Waals surface area contributed by atoms with Gasteiger partial charge in [-0.15, -0.1) is 0 Å². The van der Waals surface area contributed by atoms with Gasteiger partial charge in [-0.1, -0.05) is 0 Å². The van der Waals surface area contributed by atoms with Crippen LogP contribution >= 0.6 is 0 Å². The third-order valence-electron chi connectivity index (χ3n) is 4.11. The summed E-state index contributed by atoms with van der Waals surface area (Å²) in [5.74, 6) is 0. The molecule has 0 aromatic carbocycles. The molecular weight excluding hydrogens is 266 g/mol. The van der Waals surface area contributed by atoms with Crippen molar-refractivity contribution in [1.29, 1.82) is 0 Å². The van der Waals surface area contributed by atoms with Crippen LogP contribution in [0.5, 0.6) is 0 Å². The average Bonchev–Trinajstić information content (AvgIpc) is 3.07. The lowest BCUT2D eigenvalue weighted by Crippen LogP contribution is -2.33. The predicted octanol–water partition coefficient (Wildman–Crippen LogP) is 1.43. The summed E-state index contributed by atoms with van der Waals surface area (Å²) in [6.07, 6.45) is 3.79. The Hall–Kier alpha value is -1.66. The van der Waals surface area contributed by atoms with Crippen molar-refractivity contribution in [1.82, 2.24) is 24.9 Å². The third-order valence-corrected chi connectivity index (χ3v) is 4.11. The molecule has 0 unspecified atom stereocenters. The van der Waals surface area contributed by atoms with E-state index in [1.807, 2.05) is 35.5 Å². The number of aliphatic hydroxyl groups excluding tert-OH is 1. The molecule has 2 atom stereocenters. The largest absolute Gasteiger partial charge is 0.394 e. The first kappa shape index (κ1) is 15.7. The molecule has 116 valence electrons. The van der Waals surface area contributed by atoms with Gasteiger partial charge in [0.15, 0.2) is 0 Å². The molecule has 0 aliphatic carbocycles. The fourth-order valence-electron chi connectivity index (χ4n) is 2.49. The van der Waals surface area contributed by atoms with Crippen LogP contribution in [0.15, 0.2) is 18.5 Å². The first-order valence-corrected chi connectivity index (χ1v) is 7.40. The Morgan fingerprint density at radius 2 is 2.10 bits per heavy atom. The molecule has 0 bridgehead atoms. The van der Waals surface area contributed by atoms with E-state index in [0.29, 0.717) is 12.6 Å². The quantitative estimate of drug-likeness (QED) is 0.810. The standard InChI is InChI=1S/C15H25N5O/c1-11(13(3)19-7-5-6-17-19)16-10-15-12(2)18-20(8-9-21)14(15)4/h5-7,11,13,16,21H,8-10H2,1-4H3/t11-,13-/m1/s1. The van der Waals surface area contributed by atoms with Crippen LogP contribution < -0.4 is 5.32 Å². The van der Waals surface area contributed by atoms with E-state index in [1.54, 1.807) is 6.20 Å². The van der Waals surface area contributed by atoms with Crippen LogP contribution in [-0.2, 0) is 13.1 Å². The minimum atomic E-state index is 0.113. The van der Waals surface area contributed by atoms with E-state index in [0.717, 1.165) is 17.9 Å². The van der Waals surface area contributed by atoms with E-state index in [9.17, 15) is 0 Å². The molecule has 21 heavy (non-hydrogen) atoms. The van der Waals surface area contributed by atoms with Gasteiger partial charge >= 0.3 is 0 Å². The lowest BCUT2D eigenvalue weighted by Gasteiger charge is -2.22. The van der Waals surface area contributed by atoms with Crippen molar-refractivity contribution in [3.63, 3.8) is 0 Å². The average molecular weight is 291 g/mol. The molecule has 2 rings (SSSR count). The van der Waals surface area contributed by atoms with Crippen LogP contribution in [0.25, 0.3) is 0 Å². The Balaban J connectivity index is 1.99. The normalized spacial score (nSPS) is 14.3. The van der Waals surface area contributed by atoms with E-state index in [2.05, 4.69) is 29.4 Å². The first-order chi connectivity index (χ1) is 10.0. The Bertz CT molecular complexity index is 561. The zero-order valence-electron chi connectivity index (χ0n) is 13.2. The summed E-state index contributed by atoms with van der Waals surface area (Å²) in [7, 11) is 0. The number of nitrogens with zero attached hydrogens (tertiary/aromatic N) is 4. The summed E-state index contributed by atoms with van der Waals surface area (Å²) in [5, 5.41) is 21.4. The molecule has 0 saturated heterocycles. The van der Waals surface area contributed by atoms with E-state index in [4.69, 9.17) is 5.11 Å². The van der Waals surface area contributed by atoms with Crippen molar-refractivity contribution in [2.24, 2.45) is 0 Å². The molecule has 2 heterocycles. The van der Waals surface area contributed by atoms with Crippen LogP contribution in [-0.4, -0.2) is 37.3 Å². The van der Waals surface area contributed by atoms with E-state index in [-0.39, 0.29) is 12.6 Å². The number of aryl methyl sites for hydroxylation is 1. The van der Waals surface area contributed by atoms with Crippen LogP contribution in [0.3, 0.4) is 0 Å². The number of hydrogen-bond acceptors (Lipinski definition) is 4. The van der Waals surface area contributed by atoms with Gasteiger partial charge in [0.05, 0.1) is 24.9 Å². The van der Waals surface area contributed by atoms with Gasteiger partial charge in [0.25, 0.3) is 0 Å². The second-order valence-corrected chi connectivity index (χ2v) is 5.49. The summed E-state index contributed by atoms with van der Waals surface area (Å²) in [6.45, 7) is 9.81. The van der Waals surface area contributed by atoms with Gasteiger partial charge < -0.3 is 10.4 Å². The predicted molar refractivity (Wildman–Crippen MR) is 82.0 cm³/mol. The highest BCUT2D eigenvalue weighted by atomic mass is 16.3. The Morgan fingerprint density at radius 1 is 1.33 bits per heavy atom. The second-order valence-electron chi connectivity index (χ2n) is 5.49. The third kappa shape index (κ3) is 3.51. The van der Waals surface area contributed by atoms with Crippen molar-refractivity contribution in [2.45, 2.75) is 52.9 Å². The molecule has 6 heteroatoms. The molecule has 0 aliphatic rings. The molecule has 0 saturated carbocycles. The highest BCUT2D eigenvalue weighted by Gasteiger charge is 2.16. The Morgan fingerprint density at radius 3 is 2.71 bits per heavy atom. The van der Waals surface area contributed by atoms with Gasteiger partial charge in [-0.05, 0) is 33.8 Å².